The lowest BCUT2D eigenvalue weighted by atomic mass is 9.90. The van der Waals surface area contributed by atoms with Crippen molar-refractivity contribution in [2.24, 2.45) is 5.92 Å². The molecule has 0 spiro atoms. The van der Waals surface area contributed by atoms with Gasteiger partial charge in [-0.15, -0.1) is 0 Å². The third kappa shape index (κ3) is 4.09. The SMILES string of the molecule is C[C@H]1OCCN[C@@H]1C(=O)N1CCC(Cc2ccc(F)cc2)CC1. The maximum absolute atomic E-state index is 13.0. The number of halogens is 1. The van der Waals surface area contributed by atoms with Crippen LogP contribution >= 0.6 is 0 Å². The van der Waals surface area contributed by atoms with Crippen LogP contribution in [0.1, 0.15) is 25.3 Å². The first kappa shape index (κ1) is 16.4. The molecule has 4 nitrogen and oxygen atoms in total. The van der Waals surface area contributed by atoms with Crippen LogP contribution in [0.25, 0.3) is 0 Å². The van der Waals surface area contributed by atoms with E-state index < -0.39 is 0 Å². The van der Waals surface area contributed by atoms with Gasteiger partial charge in [-0.05, 0) is 49.8 Å². The van der Waals surface area contributed by atoms with Crippen molar-refractivity contribution in [1.82, 2.24) is 10.2 Å². The van der Waals surface area contributed by atoms with Crippen molar-refractivity contribution in [3.63, 3.8) is 0 Å². The van der Waals surface area contributed by atoms with Crippen molar-refractivity contribution < 1.29 is 13.9 Å². The molecule has 0 radical (unpaired) electrons. The summed E-state index contributed by atoms with van der Waals surface area (Å²) in [6.45, 7) is 4.97. The molecule has 2 heterocycles. The minimum Gasteiger partial charge on any atom is -0.375 e. The van der Waals surface area contributed by atoms with E-state index in [1.807, 2.05) is 24.0 Å². The van der Waals surface area contributed by atoms with Gasteiger partial charge in [-0.1, -0.05) is 12.1 Å². The lowest BCUT2D eigenvalue weighted by Crippen LogP contribution is -2.57. The van der Waals surface area contributed by atoms with Gasteiger partial charge >= 0.3 is 0 Å². The highest BCUT2D eigenvalue weighted by molar-refractivity contribution is 5.82. The number of piperidine rings is 1. The molecule has 0 aromatic heterocycles. The molecule has 2 saturated heterocycles. The molecule has 126 valence electrons. The minimum absolute atomic E-state index is 0.0619. The number of amides is 1. The van der Waals surface area contributed by atoms with E-state index in [1.165, 1.54) is 17.7 Å². The fourth-order valence-electron chi connectivity index (χ4n) is 3.52. The van der Waals surface area contributed by atoms with Crippen molar-refractivity contribution in [3.05, 3.63) is 35.6 Å². The van der Waals surface area contributed by atoms with Gasteiger partial charge in [0.25, 0.3) is 0 Å². The van der Waals surface area contributed by atoms with E-state index in [4.69, 9.17) is 4.74 Å². The van der Waals surface area contributed by atoms with Crippen LogP contribution in [-0.4, -0.2) is 49.2 Å². The number of ether oxygens (including phenoxy) is 1. The monoisotopic (exact) mass is 320 g/mol. The van der Waals surface area contributed by atoms with E-state index in [1.54, 1.807) is 0 Å². The Morgan fingerprint density at radius 1 is 1.30 bits per heavy atom. The number of likely N-dealkylation sites (tertiary alicyclic amines) is 1. The van der Waals surface area contributed by atoms with Crippen LogP contribution in [0.2, 0.25) is 0 Å². The fraction of sp³-hybridized carbons (Fsp3) is 0.611. The summed E-state index contributed by atoms with van der Waals surface area (Å²) in [6, 6.07) is 6.54. The number of hydrogen-bond donors (Lipinski definition) is 1. The Labute approximate surface area is 137 Å². The summed E-state index contributed by atoms with van der Waals surface area (Å²) in [5, 5.41) is 3.27. The summed E-state index contributed by atoms with van der Waals surface area (Å²) in [4.78, 5) is 14.6. The van der Waals surface area contributed by atoms with Gasteiger partial charge in [0.1, 0.15) is 11.9 Å². The summed E-state index contributed by atoms with van der Waals surface area (Å²) in [6.07, 6.45) is 2.91. The van der Waals surface area contributed by atoms with Gasteiger partial charge in [-0.2, -0.15) is 0 Å². The zero-order valence-corrected chi connectivity index (χ0v) is 13.6. The number of rotatable bonds is 3. The molecule has 1 aromatic carbocycles. The Morgan fingerprint density at radius 2 is 2.00 bits per heavy atom. The van der Waals surface area contributed by atoms with Crippen molar-refractivity contribution in [3.8, 4) is 0 Å². The highest BCUT2D eigenvalue weighted by Crippen LogP contribution is 2.23. The van der Waals surface area contributed by atoms with Crippen molar-refractivity contribution in [1.29, 1.82) is 0 Å². The first-order valence-corrected chi connectivity index (χ1v) is 8.51. The van der Waals surface area contributed by atoms with Gasteiger partial charge in [-0.3, -0.25) is 4.79 Å². The maximum Gasteiger partial charge on any atom is 0.242 e. The van der Waals surface area contributed by atoms with E-state index in [2.05, 4.69) is 5.32 Å². The molecule has 2 aliphatic heterocycles. The Morgan fingerprint density at radius 3 is 2.65 bits per heavy atom. The number of morpholine rings is 1. The molecular weight excluding hydrogens is 295 g/mol. The number of nitrogens with one attached hydrogen (secondary N) is 1. The predicted molar refractivity (Wildman–Crippen MR) is 86.6 cm³/mol. The lowest BCUT2D eigenvalue weighted by molar-refractivity contribution is -0.140. The molecule has 1 N–H and O–H groups in total. The van der Waals surface area contributed by atoms with Crippen LogP contribution < -0.4 is 5.32 Å². The Kier molecular flexibility index (Phi) is 5.28. The molecule has 2 aliphatic rings. The topological polar surface area (TPSA) is 41.6 Å². The van der Waals surface area contributed by atoms with Crippen LogP contribution in [-0.2, 0) is 16.0 Å². The van der Waals surface area contributed by atoms with Gasteiger partial charge in [0.05, 0.1) is 12.7 Å². The largest absolute Gasteiger partial charge is 0.375 e. The van der Waals surface area contributed by atoms with E-state index >= 15 is 0 Å². The van der Waals surface area contributed by atoms with Crippen LogP contribution in [0.4, 0.5) is 4.39 Å². The van der Waals surface area contributed by atoms with Crippen LogP contribution in [0, 0.1) is 11.7 Å². The standard InChI is InChI=1S/C18H25FN2O2/c1-13-17(20-8-11-23-13)18(22)21-9-6-15(7-10-21)12-14-2-4-16(19)5-3-14/h2-5,13,15,17,20H,6-12H2,1H3/t13-,17+/m1/s1. The molecule has 0 unspecified atom stereocenters. The molecule has 2 atom stereocenters. The number of nitrogens with zero attached hydrogens (tertiary/aromatic N) is 1. The molecule has 1 amide bonds. The first-order chi connectivity index (χ1) is 11.1. The number of carbonyl (C=O) groups excluding carboxylic acids is 1. The Bertz CT molecular complexity index is 526. The highest BCUT2D eigenvalue weighted by Gasteiger charge is 2.33. The summed E-state index contributed by atoms with van der Waals surface area (Å²) >= 11 is 0. The van der Waals surface area contributed by atoms with E-state index in [-0.39, 0.29) is 23.9 Å². The summed E-state index contributed by atoms with van der Waals surface area (Å²) < 4.78 is 18.5. The van der Waals surface area contributed by atoms with Gasteiger partial charge in [-0.25, -0.2) is 4.39 Å². The van der Waals surface area contributed by atoms with E-state index in [9.17, 15) is 9.18 Å². The summed E-state index contributed by atoms with van der Waals surface area (Å²) in [7, 11) is 0. The smallest absolute Gasteiger partial charge is 0.242 e. The average molecular weight is 320 g/mol. The quantitative estimate of drug-likeness (QED) is 0.926. The average Bonchev–Trinajstić information content (AvgIpc) is 2.57. The van der Waals surface area contributed by atoms with Crippen molar-refractivity contribution in [2.45, 2.75) is 38.3 Å². The predicted octanol–water partition coefficient (Wildman–Crippen LogP) is 1.98. The molecule has 0 aliphatic carbocycles. The maximum atomic E-state index is 13.0. The second-order valence-corrected chi connectivity index (χ2v) is 6.61. The molecular formula is C18H25FN2O2. The molecule has 23 heavy (non-hydrogen) atoms. The lowest BCUT2D eigenvalue weighted by Gasteiger charge is -2.37. The molecule has 3 rings (SSSR count). The summed E-state index contributed by atoms with van der Waals surface area (Å²) in [5.41, 5.74) is 1.17. The van der Waals surface area contributed by atoms with E-state index in [0.29, 0.717) is 12.5 Å². The van der Waals surface area contributed by atoms with Crippen LogP contribution in [0.15, 0.2) is 24.3 Å². The number of benzene rings is 1. The highest BCUT2D eigenvalue weighted by atomic mass is 19.1. The van der Waals surface area contributed by atoms with Gasteiger partial charge in [0.2, 0.25) is 5.91 Å². The second kappa shape index (κ2) is 7.41. The van der Waals surface area contributed by atoms with E-state index in [0.717, 1.165) is 38.9 Å². The summed E-state index contributed by atoms with van der Waals surface area (Å²) in [5.74, 6) is 0.542. The zero-order chi connectivity index (χ0) is 16.2. The Hall–Kier alpha value is -1.46. The van der Waals surface area contributed by atoms with Crippen LogP contribution in [0.5, 0.6) is 0 Å². The van der Waals surface area contributed by atoms with Crippen LogP contribution in [0.3, 0.4) is 0 Å². The molecule has 0 saturated carbocycles. The number of hydrogen-bond acceptors (Lipinski definition) is 3. The molecule has 0 bridgehead atoms. The fourth-order valence-corrected chi connectivity index (χ4v) is 3.52. The minimum atomic E-state index is -0.211. The first-order valence-electron chi connectivity index (χ1n) is 8.51. The number of carbonyl (C=O) groups is 1. The Balaban J connectivity index is 1.49. The molecule has 1 aromatic rings. The van der Waals surface area contributed by atoms with Crippen molar-refractivity contribution >= 4 is 5.91 Å². The zero-order valence-electron chi connectivity index (χ0n) is 13.6. The van der Waals surface area contributed by atoms with Gasteiger partial charge in [0, 0.05) is 19.6 Å². The third-order valence-electron chi connectivity index (χ3n) is 4.95. The normalized spacial score (nSPS) is 26.3. The molecule has 2 fully saturated rings. The molecule has 5 heteroatoms. The van der Waals surface area contributed by atoms with Crippen molar-refractivity contribution in [2.75, 3.05) is 26.2 Å². The van der Waals surface area contributed by atoms with Gasteiger partial charge < -0.3 is 15.0 Å². The second-order valence-electron chi connectivity index (χ2n) is 6.61. The third-order valence-corrected chi connectivity index (χ3v) is 4.95. The van der Waals surface area contributed by atoms with Gasteiger partial charge in [0.15, 0.2) is 0 Å².